The second-order valence-electron chi connectivity index (χ2n) is 4.87. The first kappa shape index (κ1) is 16.4. The maximum atomic E-state index is 12.6. The Morgan fingerprint density at radius 3 is 2.87 bits per heavy atom. The van der Waals surface area contributed by atoms with Gasteiger partial charge in [0.1, 0.15) is 21.7 Å². The molecule has 2 heterocycles. The van der Waals surface area contributed by atoms with Gasteiger partial charge in [-0.25, -0.2) is 0 Å². The van der Waals surface area contributed by atoms with Crippen LogP contribution >= 0.6 is 39.0 Å². The molecule has 5 nitrogen and oxygen atoms in total. The van der Waals surface area contributed by atoms with Gasteiger partial charge < -0.3 is 5.11 Å². The van der Waals surface area contributed by atoms with Crippen LogP contribution in [0.5, 0.6) is 5.75 Å². The number of benzene rings is 1. The molecule has 2 aromatic rings. The third-order valence-electron chi connectivity index (χ3n) is 3.29. The number of allylic oxidation sites excluding steroid dienone is 1. The van der Waals surface area contributed by atoms with Gasteiger partial charge in [-0.2, -0.15) is 0 Å². The number of aromatic hydroxyl groups is 1. The number of hydrogen-bond donors (Lipinski definition) is 2. The van der Waals surface area contributed by atoms with E-state index in [1.807, 2.05) is 6.92 Å². The van der Waals surface area contributed by atoms with Gasteiger partial charge in [-0.3, -0.25) is 10.2 Å². The van der Waals surface area contributed by atoms with Gasteiger partial charge in [-0.1, -0.05) is 24.8 Å². The maximum absolute atomic E-state index is 12.6. The number of phenols is 1. The predicted molar refractivity (Wildman–Crippen MR) is 96.1 cm³/mol. The quantitative estimate of drug-likeness (QED) is 0.748. The lowest BCUT2D eigenvalue weighted by Crippen LogP contribution is -2.11. The molecule has 0 radical (unpaired) electrons. The number of aryl methyl sites for hydroxylation is 1. The second-order valence-corrected chi connectivity index (χ2v) is 7.90. The molecule has 0 bridgehead atoms. The first-order valence-corrected chi connectivity index (χ1v) is 9.25. The number of thioether (sulfide) groups is 1. The summed E-state index contributed by atoms with van der Waals surface area (Å²) in [5, 5.41) is 27.5. The molecule has 0 saturated carbocycles. The molecule has 1 aromatic heterocycles. The summed E-state index contributed by atoms with van der Waals surface area (Å²) in [6, 6.07) is 5.01. The van der Waals surface area contributed by atoms with Crippen LogP contribution in [-0.2, 0) is 11.2 Å². The molecule has 0 unspecified atom stereocenters. The van der Waals surface area contributed by atoms with Crippen LogP contribution in [0.1, 0.15) is 28.4 Å². The van der Waals surface area contributed by atoms with Crippen molar-refractivity contribution < 1.29 is 9.90 Å². The van der Waals surface area contributed by atoms with Crippen LogP contribution in [0, 0.1) is 5.41 Å². The molecule has 0 spiro atoms. The van der Waals surface area contributed by atoms with Crippen molar-refractivity contribution in [3.8, 4) is 5.75 Å². The molecular weight excluding hydrogens is 398 g/mol. The Morgan fingerprint density at radius 2 is 2.22 bits per heavy atom. The maximum Gasteiger partial charge on any atom is 0.186 e. The number of halogens is 1. The van der Waals surface area contributed by atoms with E-state index in [0.717, 1.165) is 28.8 Å². The average molecular weight is 410 g/mol. The topological polar surface area (TPSA) is 86.9 Å². The van der Waals surface area contributed by atoms with Gasteiger partial charge in [0.05, 0.1) is 14.4 Å². The Hall–Kier alpha value is -1.51. The first-order chi connectivity index (χ1) is 11.0. The van der Waals surface area contributed by atoms with Crippen molar-refractivity contribution in [1.82, 2.24) is 10.2 Å². The van der Waals surface area contributed by atoms with E-state index in [4.69, 9.17) is 5.41 Å². The summed E-state index contributed by atoms with van der Waals surface area (Å²) in [7, 11) is 0. The van der Waals surface area contributed by atoms with Crippen molar-refractivity contribution in [1.29, 1.82) is 5.41 Å². The van der Waals surface area contributed by atoms with Gasteiger partial charge in [0.15, 0.2) is 5.78 Å². The molecule has 23 heavy (non-hydrogen) atoms. The summed E-state index contributed by atoms with van der Waals surface area (Å²) in [4.78, 5) is 13.1. The molecule has 118 valence electrons. The van der Waals surface area contributed by atoms with E-state index in [2.05, 4.69) is 26.1 Å². The number of carbonyl (C=O) groups is 1. The first-order valence-electron chi connectivity index (χ1n) is 6.82. The summed E-state index contributed by atoms with van der Waals surface area (Å²) in [5.74, 6) is -0.614. The monoisotopic (exact) mass is 409 g/mol. The molecular formula is C15H12BrN3O2S2. The highest BCUT2D eigenvalue weighted by molar-refractivity contribution is 9.10. The molecule has 1 saturated heterocycles. The van der Waals surface area contributed by atoms with Crippen molar-refractivity contribution >= 4 is 55.9 Å². The molecule has 0 amide bonds. The van der Waals surface area contributed by atoms with Crippen LogP contribution in [0.3, 0.4) is 0 Å². The number of carbonyl (C=O) groups excluding carboxylic acids is 1. The highest BCUT2D eigenvalue weighted by Crippen LogP contribution is 2.41. The lowest BCUT2D eigenvalue weighted by atomic mass is 10.1. The van der Waals surface area contributed by atoms with Crippen molar-refractivity contribution in [3.63, 3.8) is 0 Å². The zero-order valence-electron chi connectivity index (χ0n) is 12.0. The lowest BCUT2D eigenvalue weighted by molar-refractivity contribution is -0.114. The lowest BCUT2D eigenvalue weighted by Gasteiger charge is -2.01. The number of Topliss-reactive ketones (excluding diaryl/α,β-unsaturated/α-hetero) is 1. The van der Waals surface area contributed by atoms with Gasteiger partial charge in [-0.05, 0) is 46.1 Å². The van der Waals surface area contributed by atoms with E-state index in [9.17, 15) is 9.90 Å². The van der Waals surface area contributed by atoms with Crippen LogP contribution in [0.2, 0.25) is 0 Å². The fourth-order valence-corrected chi connectivity index (χ4v) is 4.45. The van der Waals surface area contributed by atoms with Crippen LogP contribution in [-0.4, -0.2) is 26.1 Å². The number of nitrogens with one attached hydrogen (secondary N) is 1. The van der Waals surface area contributed by atoms with Crippen LogP contribution in [0.25, 0.3) is 6.08 Å². The van der Waals surface area contributed by atoms with Crippen molar-refractivity contribution in [2.45, 2.75) is 19.3 Å². The zero-order valence-corrected chi connectivity index (χ0v) is 15.3. The SMILES string of the molecule is CCc1nnc([C@H]2C(=N)S/C(=C\c3ccc(O)c(Br)c3)C2=O)s1. The minimum absolute atomic E-state index is 0.122. The van der Waals surface area contributed by atoms with Gasteiger partial charge in [0, 0.05) is 0 Å². The summed E-state index contributed by atoms with van der Waals surface area (Å²) in [6.07, 6.45) is 2.50. The molecule has 1 atom stereocenters. The fraction of sp³-hybridized carbons (Fsp3) is 0.200. The number of phenolic OH excluding ortho intramolecular Hbond substituents is 1. The molecule has 3 rings (SSSR count). The van der Waals surface area contributed by atoms with Crippen molar-refractivity contribution in [2.75, 3.05) is 0 Å². The average Bonchev–Trinajstić information content (AvgIpc) is 3.08. The Labute approximate surface area is 149 Å². The molecule has 1 aliphatic heterocycles. The third kappa shape index (κ3) is 3.24. The number of ketones is 1. The van der Waals surface area contributed by atoms with E-state index < -0.39 is 5.92 Å². The van der Waals surface area contributed by atoms with Gasteiger partial charge >= 0.3 is 0 Å². The summed E-state index contributed by atoms with van der Waals surface area (Å²) in [5.41, 5.74) is 0.783. The normalized spacial score (nSPS) is 19.7. The van der Waals surface area contributed by atoms with E-state index in [-0.39, 0.29) is 16.6 Å². The minimum atomic E-state index is -0.635. The smallest absolute Gasteiger partial charge is 0.186 e. The number of aromatic nitrogens is 2. The Kier molecular flexibility index (Phi) is 4.65. The van der Waals surface area contributed by atoms with Gasteiger partial charge in [0.2, 0.25) is 0 Å². The summed E-state index contributed by atoms with van der Waals surface area (Å²) >= 11 is 5.79. The molecule has 1 fully saturated rings. The van der Waals surface area contributed by atoms with E-state index in [1.54, 1.807) is 24.3 Å². The second kappa shape index (κ2) is 6.54. The van der Waals surface area contributed by atoms with Crippen LogP contribution in [0.15, 0.2) is 27.6 Å². The highest BCUT2D eigenvalue weighted by Gasteiger charge is 2.39. The summed E-state index contributed by atoms with van der Waals surface area (Å²) in [6.45, 7) is 1.98. The number of nitrogens with zero attached hydrogens (tertiary/aromatic N) is 2. The Morgan fingerprint density at radius 1 is 1.43 bits per heavy atom. The Balaban J connectivity index is 1.91. The third-order valence-corrected chi connectivity index (χ3v) is 6.05. The van der Waals surface area contributed by atoms with E-state index >= 15 is 0 Å². The van der Waals surface area contributed by atoms with Crippen molar-refractivity contribution in [3.05, 3.63) is 43.2 Å². The standard InChI is InChI=1S/C15H12BrN3O2S2/c1-2-11-18-19-15(23-11)12-13(21)10(22-14(12)17)6-7-3-4-9(20)8(16)5-7/h3-6,12,17,20H,2H2,1H3/b10-6-,17-14?/t12-/m1/s1. The van der Waals surface area contributed by atoms with Crippen LogP contribution in [0.4, 0.5) is 0 Å². The predicted octanol–water partition coefficient (Wildman–Crippen LogP) is 3.99. The highest BCUT2D eigenvalue weighted by atomic mass is 79.9. The summed E-state index contributed by atoms with van der Waals surface area (Å²) < 4.78 is 0.561. The van der Waals surface area contributed by atoms with Crippen molar-refractivity contribution in [2.24, 2.45) is 0 Å². The van der Waals surface area contributed by atoms with Gasteiger partial charge in [-0.15, -0.1) is 21.5 Å². The number of rotatable bonds is 3. The molecule has 1 aromatic carbocycles. The number of hydrogen-bond acceptors (Lipinski definition) is 7. The Bertz CT molecular complexity index is 832. The van der Waals surface area contributed by atoms with E-state index in [1.165, 1.54) is 11.3 Å². The zero-order chi connectivity index (χ0) is 16.6. The van der Waals surface area contributed by atoms with Gasteiger partial charge in [0.25, 0.3) is 0 Å². The minimum Gasteiger partial charge on any atom is -0.507 e. The molecule has 8 heteroatoms. The van der Waals surface area contributed by atoms with E-state index in [0.29, 0.717) is 14.4 Å². The van der Waals surface area contributed by atoms with Crippen LogP contribution < -0.4 is 0 Å². The molecule has 2 N–H and O–H groups in total. The molecule has 1 aliphatic rings. The molecule has 0 aliphatic carbocycles. The largest absolute Gasteiger partial charge is 0.507 e. The fourth-order valence-electron chi connectivity index (χ4n) is 2.10.